The largest absolute Gasteiger partial charge is 0.369 e. The molecule has 1 aliphatic rings. The summed E-state index contributed by atoms with van der Waals surface area (Å²) < 4.78 is 11.0. The van der Waals surface area contributed by atoms with Crippen LogP contribution in [0.5, 0.6) is 0 Å². The van der Waals surface area contributed by atoms with Crippen LogP contribution in [-0.2, 0) is 18.3 Å². The smallest absolute Gasteiger partial charge is 0.139 e. The van der Waals surface area contributed by atoms with Gasteiger partial charge in [0.2, 0.25) is 0 Å². The van der Waals surface area contributed by atoms with Gasteiger partial charge >= 0.3 is 0 Å². The van der Waals surface area contributed by atoms with Crippen molar-refractivity contribution >= 4 is 15.9 Å². The summed E-state index contributed by atoms with van der Waals surface area (Å²) in [7, 11) is 2.02. The van der Waals surface area contributed by atoms with Crippen molar-refractivity contribution in [2.45, 2.75) is 44.5 Å². The predicted molar refractivity (Wildman–Crippen MR) is 87.4 cm³/mol. The van der Waals surface area contributed by atoms with E-state index in [1.54, 1.807) is 0 Å². The number of aromatic nitrogens is 4. The van der Waals surface area contributed by atoms with E-state index in [1.165, 1.54) is 0 Å². The first-order valence-corrected chi connectivity index (χ1v) is 8.45. The molecule has 0 bridgehead atoms. The van der Waals surface area contributed by atoms with E-state index in [-0.39, 0.29) is 12.1 Å². The molecule has 1 aliphatic heterocycles. The molecular formula is C15H22BrN5O. The number of aryl methyl sites for hydroxylation is 1. The van der Waals surface area contributed by atoms with Crippen molar-refractivity contribution < 1.29 is 4.74 Å². The summed E-state index contributed by atoms with van der Waals surface area (Å²) in [5, 5.41) is 8.00. The minimum Gasteiger partial charge on any atom is -0.369 e. The second kappa shape index (κ2) is 6.93. The van der Waals surface area contributed by atoms with E-state index in [4.69, 9.17) is 4.74 Å². The lowest BCUT2D eigenvalue weighted by molar-refractivity contribution is -0.0204. The van der Waals surface area contributed by atoms with Gasteiger partial charge in [-0.2, -0.15) is 5.10 Å². The number of rotatable bonds is 5. The number of hydrogen-bond donors (Lipinski definition) is 1. The van der Waals surface area contributed by atoms with Crippen LogP contribution in [0.3, 0.4) is 0 Å². The van der Waals surface area contributed by atoms with Crippen LogP contribution in [0.1, 0.15) is 31.7 Å². The fraction of sp³-hybridized carbons (Fsp3) is 0.600. The van der Waals surface area contributed by atoms with Gasteiger partial charge in [0.1, 0.15) is 11.9 Å². The molecule has 1 saturated heterocycles. The van der Waals surface area contributed by atoms with Gasteiger partial charge in [-0.25, -0.2) is 4.98 Å². The van der Waals surface area contributed by atoms with Gasteiger partial charge in [0, 0.05) is 44.3 Å². The van der Waals surface area contributed by atoms with Crippen molar-refractivity contribution in [3.63, 3.8) is 0 Å². The van der Waals surface area contributed by atoms with E-state index in [2.05, 4.69) is 38.3 Å². The number of nitrogens with zero attached hydrogens (tertiary/aromatic N) is 4. The zero-order valence-corrected chi connectivity index (χ0v) is 14.5. The molecule has 0 aromatic carbocycles. The van der Waals surface area contributed by atoms with Crippen molar-refractivity contribution in [1.82, 2.24) is 24.6 Å². The maximum absolute atomic E-state index is 6.00. The average Bonchev–Trinajstić information content (AvgIpc) is 3.08. The summed E-state index contributed by atoms with van der Waals surface area (Å²) in [6.07, 6.45) is 9.80. The second-order valence-electron chi connectivity index (χ2n) is 5.88. The highest BCUT2D eigenvalue weighted by Gasteiger charge is 2.31. The quantitative estimate of drug-likeness (QED) is 0.880. The Morgan fingerprint density at radius 1 is 1.55 bits per heavy atom. The molecule has 0 amide bonds. The lowest BCUT2D eigenvalue weighted by Crippen LogP contribution is -2.46. The van der Waals surface area contributed by atoms with Gasteiger partial charge in [-0.15, -0.1) is 0 Å². The van der Waals surface area contributed by atoms with Gasteiger partial charge in [0.25, 0.3) is 0 Å². The molecule has 0 spiro atoms. The lowest BCUT2D eigenvalue weighted by Gasteiger charge is -2.34. The van der Waals surface area contributed by atoms with E-state index in [0.29, 0.717) is 6.04 Å². The van der Waals surface area contributed by atoms with Crippen LogP contribution in [0.2, 0.25) is 0 Å². The molecule has 2 aromatic rings. The first-order valence-electron chi connectivity index (χ1n) is 7.66. The van der Waals surface area contributed by atoms with Gasteiger partial charge in [0.05, 0.1) is 17.2 Å². The topological polar surface area (TPSA) is 56.9 Å². The van der Waals surface area contributed by atoms with Gasteiger partial charge in [-0.05, 0) is 35.7 Å². The Kier molecular flexibility index (Phi) is 4.95. The van der Waals surface area contributed by atoms with Crippen LogP contribution in [0.4, 0.5) is 0 Å². The van der Waals surface area contributed by atoms with Crippen molar-refractivity contribution in [2.75, 3.05) is 6.61 Å². The fourth-order valence-electron chi connectivity index (χ4n) is 2.99. The molecule has 2 aromatic heterocycles. The van der Waals surface area contributed by atoms with Crippen LogP contribution in [0.25, 0.3) is 0 Å². The zero-order chi connectivity index (χ0) is 15.5. The lowest BCUT2D eigenvalue weighted by atomic mass is 10.0. The molecular weight excluding hydrogens is 346 g/mol. The zero-order valence-electron chi connectivity index (χ0n) is 12.9. The number of nitrogens with one attached hydrogen (secondary N) is 1. The second-order valence-corrected chi connectivity index (χ2v) is 6.80. The van der Waals surface area contributed by atoms with E-state index in [1.807, 2.05) is 41.1 Å². The highest BCUT2D eigenvalue weighted by atomic mass is 79.9. The number of ether oxygens (including phenoxy) is 1. The van der Waals surface area contributed by atoms with Gasteiger partial charge in [-0.1, -0.05) is 0 Å². The first kappa shape index (κ1) is 15.7. The van der Waals surface area contributed by atoms with Crippen molar-refractivity contribution in [3.8, 4) is 0 Å². The third-order valence-electron chi connectivity index (χ3n) is 4.00. The Balaban J connectivity index is 1.65. The minimum absolute atomic E-state index is 0.0144. The van der Waals surface area contributed by atoms with E-state index in [9.17, 15) is 0 Å². The Morgan fingerprint density at radius 3 is 3.09 bits per heavy atom. The molecule has 22 heavy (non-hydrogen) atoms. The Labute approximate surface area is 139 Å². The predicted octanol–water partition coefficient (Wildman–Crippen LogP) is 2.28. The molecule has 0 aliphatic carbocycles. The van der Waals surface area contributed by atoms with Crippen molar-refractivity contribution in [1.29, 1.82) is 0 Å². The average molecular weight is 368 g/mol. The third kappa shape index (κ3) is 3.59. The number of hydrogen-bond acceptors (Lipinski definition) is 4. The number of imidazole rings is 1. The fourth-order valence-corrected chi connectivity index (χ4v) is 3.32. The maximum Gasteiger partial charge on any atom is 0.139 e. The molecule has 7 heteroatoms. The van der Waals surface area contributed by atoms with Crippen molar-refractivity contribution in [3.05, 3.63) is 35.1 Å². The minimum atomic E-state index is 0.0144. The normalized spacial score (nSPS) is 23.6. The van der Waals surface area contributed by atoms with Crippen LogP contribution >= 0.6 is 15.9 Å². The summed E-state index contributed by atoms with van der Waals surface area (Å²) in [6.45, 7) is 3.81. The Hall–Kier alpha value is -1.18. The molecule has 120 valence electrons. The highest BCUT2D eigenvalue weighted by Crippen LogP contribution is 2.27. The molecule has 3 rings (SSSR count). The van der Waals surface area contributed by atoms with Crippen LogP contribution < -0.4 is 5.32 Å². The summed E-state index contributed by atoms with van der Waals surface area (Å²) in [6, 6.07) is 0.588. The SMILES string of the molecule is CC(Cn1cc(Br)cn1)N[C@H]1CCCO[C@@H]1c1nccn1C. The van der Waals surface area contributed by atoms with Gasteiger partial charge < -0.3 is 14.6 Å². The number of halogens is 1. The molecule has 0 radical (unpaired) electrons. The molecule has 3 heterocycles. The van der Waals surface area contributed by atoms with E-state index >= 15 is 0 Å². The summed E-state index contributed by atoms with van der Waals surface area (Å²) >= 11 is 3.43. The first-order chi connectivity index (χ1) is 10.6. The Morgan fingerprint density at radius 2 is 2.41 bits per heavy atom. The monoisotopic (exact) mass is 367 g/mol. The van der Waals surface area contributed by atoms with Gasteiger partial charge in [-0.3, -0.25) is 4.68 Å². The third-order valence-corrected chi connectivity index (χ3v) is 4.41. The van der Waals surface area contributed by atoms with E-state index < -0.39 is 0 Å². The maximum atomic E-state index is 6.00. The standard InChI is InChI=1S/C15H22BrN5O/c1-11(9-21-10-12(16)8-18-21)19-13-4-3-7-22-14(13)15-17-5-6-20(15)2/h5-6,8,10-11,13-14,19H,3-4,7,9H2,1-2H3/t11?,13-,14-/m0/s1. The van der Waals surface area contributed by atoms with Crippen LogP contribution in [0.15, 0.2) is 29.3 Å². The molecule has 0 saturated carbocycles. The van der Waals surface area contributed by atoms with Crippen LogP contribution in [-0.4, -0.2) is 38.0 Å². The molecule has 1 fully saturated rings. The molecule has 1 unspecified atom stereocenters. The molecule has 6 nitrogen and oxygen atoms in total. The summed E-state index contributed by atoms with van der Waals surface area (Å²) in [5.74, 6) is 0.992. The molecule has 3 atom stereocenters. The van der Waals surface area contributed by atoms with Crippen LogP contribution in [0, 0.1) is 0 Å². The summed E-state index contributed by atoms with van der Waals surface area (Å²) in [4.78, 5) is 4.46. The van der Waals surface area contributed by atoms with Gasteiger partial charge in [0.15, 0.2) is 0 Å². The highest BCUT2D eigenvalue weighted by molar-refractivity contribution is 9.10. The van der Waals surface area contributed by atoms with E-state index in [0.717, 1.165) is 36.3 Å². The molecule has 1 N–H and O–H groups in total. The Bertz CT molecular complexity index is 611. The summed E-state index contributed by atoms with van der Waals surface area (Å²) in [5.41, 5.74) is 0. The van der Waals surface area contributed by atoms with Crippen molar-refractivity contribution in [2.24, 2.45) is 7.05 Å².